The van der Waals surface area contributed by atoms with Gasteiger partial charge in [-0.15, -0.1) is 0 Å². The lowest BCUT2D eigenvalue weighted by molar-refractivity contribution is 0.179. The molecule has 1 aliphatic carbocycles. The summed E-state index contributed by atoms with van der Waals surface area (Å²) >= 11 is 0. The van der Waals surface area contributed by atoms with E-state index in [2.05, 4.69) is 11.0 Å². The smallest absolute Gasteiger partial charge is 0.243 e. The number of benzene rings is 2. The number of hydrogen-bond donors (Lipinski definition) is 0. The highest BCUT2D eigenvalue weighted by Crippen LogP contribution is 2.48. The highest BCUT2D eigenvalue weighted by molar-refractivity contribution is 7.89. The van der Waals surface area contributed by atoms with Gasteiger partial charge < -0.3 is 14.2 Å². The van der Waals surface area contributed by atoms with Gasteiger partial charge in [-0.25, -0.2) is 8.42 Å². The van der Waals surface area contributed by atoms with Gasteiger partial charge in [0.1, 0.15) is 5.75 Å². The van der Waals surface area contributed by atoms with Crippen LogP contribution >= 0.6 is 0 Å². The third-order valence-corrected chi connectivity index (χ3v) is 9.48. The van der Waals surface area contributed by atoms with Crippen LogP contribution in [0.2, 0.25) is 0 Å². The van der Waals surface area contributed by atoms with E-state index in [0.29, 0.717) is 30.6 Å². The van der Waals surface area contributed by atoms with Gasteiger partial charge in [0, 0.05) is 44.2 Å². The first-order valence-corrected chi connectivity index (χ1v) is 13.7. The zero-order valence-corrected chi connectivity index (χ0v) is 21.1. The number of rotatable bonds is 9. The van der Waals surface area contributed by atoms with Gasteiger partial charge in [0.25, 0.3) is 0 Å². The lowest BCUT2D eigenvalue weighted by Gasteiger charge is -2.36. The van der Waals surface area contributed by atoms with Crippen LogP contribution in [0.3, 0.4) is 0 Å². The van der Waals surface area contributed by atoms with Crippen LogP contribution < -0.4 is 14.2 Å². The van der Waals surface area contributed by atoms with Crippen LogP contribution in [-0.4, -0.2) is 64.6 Å². The van der Waals surface area contributed by atoms with Crippen molar-refractivity contribution in [3.8, 4) is 17.2 Å². The molecule has 2 aromatic carbocycles. The first-order chi connectivity index (χ1) is 16.5. The highest BCUT2D eigenvalue weighted by Gasteiger charge is 2.37. The topological polar surface area (TPSA) is 68.3 Å². The fourth-order valence-corrected chi connectivity index (χ4v) is 7.40. The summed E-state index contributed by atoms with van der Waals surface area (Å²) in [7, 11) is -0.113. The molecule has 0 spiro atoms. The van der Waals surface area contributed by atoms with E-state index < -0.39 is 10.0 Å². The van der Waals surface area contributed by atoms with Crippen molar-refractivity contribution >= 4 is 10.0 Å². The Kier molecular flexibility index (Phi) is 6.48. The summed E-state index contributed by atoms with van der Waals surface area (Å²) in [6, 6.07) is 7.76. The predicted molar refractivity (Wildman–Crippen MR) is 131 cm³/mol. The molecule has 0 amide bonds. The summed E-state index contributed by atoms with van der Waals surface area (Å²) < 4.78 is 45.0. The maximum atomic E-state index is 13.3. The van der Waals surface area contributed by atoms with E-state index in [-0.39, 0.29) is 0 Å². The Bertz CT molecular complexity index is 1180. The molecule has 0 bridgehead atoms. The second-order valence-corrected chi connectivity index (χ2v) is 11.2. The third kappa shape index (κ3) is 3.95. The summed E-state index contributed by atoms with van der Waals surface area (Å²) in [4.78, 5) is 2.89. The van der Waals surface area contributed by atoms with Crippen molar-refractivity contribution in [1.29, 1.82) is 0 Å². The number of nitrogens with zero attached hydrogens (tertiary/aromatic N) is 2. The normalized spacial score (nSPS) is 19.1. The van der Waals surface area contributed by atoms with E-state index in [1.165, 1.54) is 16.7 Å². The van der Waals surface area contributed by atoms with Crippen LogP contribution in [0.1, 0.15) is 48.1 Å². The second-order valence-electron chi connectivity index (χ2n) is 9.22. The van der Waals surface area contributed by atoms with Crippen LogP contribution in [0.15, 0.2) is 29.2 Å². The second kappa shape index (κ2) is 9.40. The lowest BCUT2D eigenvalue weighted by Crippen LogP contribution is -2.38. The molecule has 0 fully saturated rings. The van der Waals surface area contributed by atoms with E-state index in [0.717, 1.165) is 68.0 Å². The minimum Gasteiger partial charge on any atom is -0.493 e. The van der Waals surface area contributed by atoms with E-state index in [1.807, 2.05) is 6.92 Å². The Morgan fingerprint density at radius 3 is 2.74 bits per heavy atom. The minimum atomic E-state index is -3.52. The molecule has 2 aromatic rings. The molecule has 0 aromatic heterocycles. The Balaban J connectivity index is 1.27. The first-order valence-electron chi connectivity index (χ1n) is 12.2. The monoisotopic (exact) mass is 486 g/mol. The van der Waals surface area contributed by atoms with Gasteiger partial charge in [-0.1, -0.05) is 6.92 Å². The number of ether oxygens (including phenoxy) is 3. The molecular weight excluding hydrogens is 452 g/mol. The third-order valence-electron chi connectivity index (χ3n) is 7.51. The molecule has 3 aliphatic rings. The molecule has 5 rings (SSSR count). The van der Waals surface area contributed by atoms with Crippen LogP contribution in [0.25, 0.3) is 0 Å². The molecule has 34 heavy (non-hydrogen) atoms. The summed E-state index contributed by atoms with van der Waals surface area (Å²) in [5.74, 6) is 2.50. The molecule has 1 unspecified atom stereocenters. The number of sulfonamides is 1. The molecule has 0 N–H and O–H groups in total. The summed E-state index contributed by atoms with van der Waals surface area (Å²) in [5, 5.41) is 0. The zero-order chi connectivity index (χ0) is 23.9. The van der Waals surface area contributed by atoms with Gasteiger partial charge in [0.2, 0.25) is 10.0 Å². The van der Waals surface area contributed by atoms with Crippen molar-refractivity contribution in [3.05, 3.63) is 46.5 Å². The average molecular weight is 487 g/mol. The number of hydrogen-bond acceptors (Lipinski definition) is 6. The summed E-state index contributed by atoms with van der Waals surface area (Å²) in [6.45, 7) is 5.37. The van der Waals surface area contributed by atoms with E-state index in [4.69, 9.17) is 14.2 Å². The summed E-state index contributed by atoms with van der Waals surface area (Å²) in [6.07, 6.45) is 4.60. The fraction of sp³-hybridized carbons (Fsp3) is 0.538. The number of methoxy groups -OCH3 is 2. The van der Waals surface area contributed by atoms with E-state index in [1.54, 1.807) is 36.7 Å². The quantitative estimate of drug-likeness (QED) is 0.540. The highest BCUT2D eigenvalue weighted by atomic mass is 32.2. The van der Waals surface area contributed by atoms with Crippen molar-refractivity contribution in [3.63, 3.8) is 0 Å². The first kappa shape index (κ1) is 23.5. The Morgan fingerprint density at radius 1 is 1.12 bits per heavy atom. The molecule has 1 atom stereocenters. The van der Waals surface area contributed by atoms with E-state index >= 15 is 0 Å². The molecule has 2 aliphatic heterocycles. The largest absolute Gasteiger partial charge is 0.493 e. The molecule has 7 nitrogen and oxygen atoms in total. The zero-order valence-electron chi connectivity index (χ0n) is 20.3. The lowest BCUT2D eigenvalue weighted by atomic mass is 9.92. The van der Waals surface area contributed by atoms with Crippen molar-refractivity contribution in [2.24, 2.45) is 0 Å². The van der Waals surface area contributed by atoms with Gasteiger partial charge in [0.05, 0.1) is 25.7 Å². The van der Waals surface area contributed by atoms with E-state index in [9.17, 15) is 8.42 Å². The Morgan fingerprint density at radius 2 is 1.97 bits per heavy atom. The maximum Gasteiger partial charge on any atom is 0.243 e. The van der Waals surface area contributed by atoms with Crippen LogP contribution in [0, 0.1) is 0 Å². The Hall–Kier alpha value is -2.29. The number of fused-ring (bicyclic) bond motifs is 1. The van der Waals surface area contributed by atoms with Gasteiger partial charge in [-0.2, -0.15) is 4.31 Å². The molecule has 0 radical (unpaired) electrons. The van der Waals surface area contributed by atoms with Crippen molar-refractivity contribution < 1.29 is 22.6 Å². The molecule has 8 heteroatoms. The van der Waals surface area contributed by atoms with Gasteiger partial charge in [-0.3, -0.25) is 4.90 Å². The van der Waals surface area contributed by atoms with Crippen LogP contribution in [-0.2, 0) is 29.3 Å². The van der Waals surface area contributed by atoms with Gasteiger partial charge in [-0.05, 0) is 66.6 Å². The van der Waals surface area contributed by atoms with Crippen LogP contribution in [0.4, 0.5) is 0 Å². The molecule has 184 valence electrons. The fourth-order valence-electron chi connectivity index (χ4n) is 5.86. The standard InChI is InChI=1S/C26H34N2O5S/c1-4-28(34(29,30)20-6-9-23-18(16-20)11-15-33-23)13-5-12-27-14-10-19-17-24(31-2)26(32-3)21-7-8-22(27)25(19)21/h6,9,16-17,22H,4-5,7-8,10-15H2,1-3H3. The van der Waals surface area contributed by atoms with Crippen molar-refractivity contribution in [2.45, 2.75) is 50.0 Å². The Labute approximate surface area is 202 Å². The van der Waals surface area contributed by atoms with Gasteiger partial charge >= 0.3 is 0 Å². The minimum absolute atomic E-state index is 0.368. The predicted octanol–water partition coefficient (Wildman–Crippen LogP) is 3.59. The van der Waals surface area contributed by atoms with Crippen LogP contribution in [0.5, 0.6) is 17.2 Å². The molecule has 2 heterocycles. The van der Waals surface area contributed by atoms with Crippen molar-refractivity contribution in [2.75, 3.05) is 47.0 Å². The summed E-state index contributed by atoms with van der Waals surface area (Å²) in [5.41, 5.74) is 5.03. The maximum absolute atomic E-state index is 13.3. The average Bonchev–Trinajstić information content (AvgIpc) is 3.50. The SMILES string of the molecule is CCN(CCCN1CCc2cc(OC)c(OC)c3c2C1CC3)S(=O)(=O)c1ccc2c(c1)CCO2. The van der Waals surface area contributed by atoms with Gasteiger partial charge in [0.15, 0.2) is 11.5 Å². The molecule has 0 saturated heterocycles. The molecular formula is C26H34N2O5S. The van der Waals surface area contributed by atoms with Crippen molar-refractivity contribution in [1.82, 2.24) is 9.21 Å². The molecule has 0 saturated carbocycles.